The SMILES string of the molecule is O=S(c1ccc(CNCCS)cn1)C(F)(F)F. The summed E-state index contributed by atoms with van der Waals surface area (Å²) in [6.07, 6.45) is 1.28. The molecule has 0 fully saturated rings. The average Bonchev–Trinajstić information content (AvgIpc) is 2.28. The summed E-state index contributed by atoms with van der Waals surface area (Å²) in [4.78, 5) is 3.54. The Bertz CT molecular complexity index is 381. The van der Waals surface area contributed by atoms with Gasteiger partial charge >= 0.3 is 5.51 Å². The molecule has 1 unspecified atom stereocenters. The third-order valence-corrected chi connectivity index (χ3v) is 3.08. The number of nitrogens with zero attached hydrogens (tertiary/aromatic N) is 1. The van der Waals surface area contributed by atoms with Gasteiger partial charge in [-0.25, -0.2) is 9.19 Å². The second-order valence-corrected chi connectivity index (χ2v) is 4.99. The Hall–Kier alpha value is -0.600. The van der Waals surface area contributed by atoms with E-state index >= 15 is 0 Å². The second kappa shape index (κ2) is 6.36. The van der Waals surface area contributed by atoms with Crippen molar-refractivity contribution in [2.45, 2.75) is 17.1 Å². The lowest BCUT2D eigenvalue weighted by Crippen LogP contribution is -2.18. The highest BCUT2D eigenvalue weighted by Gasteiger charge is 2.38. The molecular weight excluding hydrogens is 273 g/mol. The van der Waals surface area contributed by atoms with E-state index in [0.717, 1.165) is 11.6 Å². The van der Waals surface area contributed by atoms with E-state index in [1.165, 1.54) is 12.3 Å². The molecule has 17 heavy (non-hydrogen) atoms. The molecule has 0 radical (unpaired) electrons. The number of alkyl halides is 3. The number of aromatic nitrogens is 1. The molecular formula is C9H11F3N2OS2. The van der Waals surface area contributed by atoms with E-state index < -0.39 is 21.3 Å². The van der Waals surface area contributed by atoms with Crippen LogP contribution in [0.3, 0.4) is 0 Å². The van der Waals surface area contributed by atoms with Crippen LogP contribution >= 0.6 is 12.6 Å². The normalized spacial score (nSPS) is 13.6. The summed E-state index contributed by atoms with van der Waals surface area (Å²) >= 11 is 4.00. The molecule has 1 aromatic rings. The largest absolute Gasteiger partial charge is 0.477 e. The molecule has 0 aliphatic heterocycles. The van der Waals surface area contributed by atoms with E-state index in [9.17, 15) is 17.4 Å². The van der Waals surface area contributed by atoms with E-state index in [-0.39, 0.29) is 0 Å². The fourth-order valence-corrected chi connectivity index (χ4v) is 1.79. The maximum atomic E-state index is 12.1. The highest BCUT2D eigenvalue weighted by Crippen LogP contribution is 2.24. The predicted octanol–water partition coefficient (Wildman–Crippen LogP) is 1.73. The van der Waals surface area contributed by atoms with Crippen molar-refractivity contribution in [2.24, 2.45) is 0 Å². The van der Waals surface area contributed by atoms with Crippen LogP contribution in [0, 0.1) is 0 Å². The van der Waals surface area contributed by atoms with Gasteiger partial charge in [0, 0.05) is 25.0 Å². The Morgan fingerprint density at radius 1 is 1.41 bits per heavy atom. The van der Waals surface area contributed by atoms with Gasteiger partial charge in [-0.1, -0.05) is 6.07 Å². The Morgan fingerprint density at radius 2 is 2.12 bits per heavy atom. The minimum Gasteiger partial charge on any atom is -0.312 e. The van der Waals surface area contributed by atoms with Gasteiger partial charge in [-0.2, -0.15) is 25.8 Å². The number of halogens is 3. The molecule has 0 aromatic carbocycles. The van der Waals surface area contributed by atoms with Gasteiger partial charge in [-0.15, -0.1) is 0 Å². The standard InChI is InChI=1S/C9H11F3N2OS2/c10-9(11,12)17(15)8-2-1-7(6-14-8)5-13-3-4-16/h1-2,6,13,16H,3-5H2. The lowest BCUT2D eigenvalue weighted by atomic mass is 10.3. The molecule has 1 rings (SSSR count). The van der Waals surface area contributed by atoms with E-state index in [2.05, 4.69) is 22.9 Å². The molecule has 1 atom stereocenters. The first kappa shape index (κ1) is 14.5. The molecule has 1 N–H and O–H groups in total. The lowest BCUT2D eigenvalue weighted by Gasteiger charge is -2.06. The zero-order valence-corrected chi connectivity index (χ0v) is 10.4. The number of thiol groups is 1. The Kier molecular flexibility index (Phi) is 5.41. The van der Waals surface area contributed by atoms with Crippen LogP contribution < -0.4 is 5.32 Å². The van der Waals surface area contributed by atoms with E-state index in [0.29, 0.717) is 18.8 Å². The van der Waals surface area contributed by atoms with Crippen LogP contribution in [0.4, 0.5) is 13.2 Å². The molecule has 0 bridgehead atoms. The molecule has 0 aliphatic rings. The summed E-state index contributed by atoms with van der Waals surface area (Å²) in [5.41, 5.74) is -4.03. The van der Waals surface area contributed by atoms with Crippen molar-refractivity contribution in [2.75, 3.05) is 12.3 Å². The van der Waals surface area contributed by atoms with Gasteiger partial charge in [0.05, 0.1) is 0 Å². The van der Waals surface area contributed by atoms with Gasteiger partial charge in [-0.05, 0) is 11.6 Å². The van der Waals surface area contributed by atoms with Crippen molar-refractivity contribution in [1.82, 2.24) is 10.3 Å². The Balaban J connectivity index is 2.65. The Labute approximate surface area is 105 Å². The topological polar surface area (TPSA) is 42.0 Å². The molecule has 0 aliphatic carbocycles. The van der Waals surface area contributed by atoms with Crippen LogP contribution in [-0.4, -0.2) is 27.0 Å². The average molecular weight is 284 g/mol. The monoisotopic (exact) mass is 284 g/mol. The maximum absolute atomic E-state index is 12.1. The fourth-order valence-electron chi connectivity index (χ4n) is 1.06. The van der Waals surface area contributed by atoms with Crippen molar-refractivity contribution in [3.05, 3.63) is 23.9 Å². The van der Waals surface area contributed by atoms with Crippen molar-refractivity contribution in [3.8, 4) is 0 Å². The summed E-state index contributed by atoms with van der Waals surface area (Å²) in [5.74, 6) is 0.670. The molecule has 1 heterocycles. The minimum absolute atomic E-state index is 0.476. The zero-order valence-electron chi connectivity index (χ0n) is 8.70. The third-order valence-electron chi connectivity index (χ3n) is 1.82. The molecule has 0 amide bonds. The van der Waals surface area contributed by atoms with Crippen LogP contribution in [-0.2, 0) is 17.3 Å². The predicted molar refractivity (Wildman–Crippen MR) is 62.3 cm³/mol. The fraction of sp³-hybridized carbons (Fsp3) is 0.444. The smallest absolute Gasteiger partial charge is 0.312 e. The van der Waals surface area contributed by atoms with Crippen LogP contribution in [0.2, 0.25) is 0 Å². The van der Waals surface area contributed by atoms with Gasteiger partial charge in [0.25, 0.3) is 0 Å². The van der Waals surface area contributed by atoms with Gasteiger partial charge < -0.3 is 5.32 Å². The number of pyridine rings is 1. The van der Waals surface area contributed by atoms with Crippen molar-refractivity contribution >= 4 is 23.4 Å². The van der Waals surface area contributed by atoms with Gasteiger partial charge in [0.2, 0.25) is 0 Å². The summed E-state index contributed by atoms with van der Waals surface area (Å²) in [7, 11) is -3.06. The van der Waals surface area contributed by atoms with Gasteiger partial charge in [0.1, 0.15) is 5.03 Å². The molecule has 0 saturated carbocycles. The minimum atomic E-state index is -4.77. The van der Waals surface area contributed by atoms with Crippen LogP contribution in [0.15, 0.2) is 23.4 Å². The first-order chi connectivity index (χ1) is 7.95. The molecule has 8 heteroatoms. The van der Waals surface area contributed by atoms with Gasteiger partial charge in [0.15, 0.2) is 10.8 Å². The quantitative estimate of drug-likeness (QED) is 0.639. The lowest BCUT2D eigenvalue weighted by molar-refractivity contribution is -0.0386. The van der Waals surface area contributed by atoms with Crippen LogP contribution in [0.25, 0.3) is 0 Å². The van der Waals surface area contributed by atoms with Gasteiger partial charge in [-0.3, -0.25) is 0 Å². The highest BCUT2D eigenvalue weighted by atomic mass is 32.2. The van der Waals surface area contributed by atoms with E-state index in [1.54, 1.807) is 0 Å². The maximum Gasteiger partial charge on any atom is 0.477 e. The van der Waals surface area contributed by atoms with Crippen molar-refractivity contribution in [3.63, 3.8) is 0 Å². The number of nitrogens with one attached hydrogen (secondary N) is 1. The van der Waals surface area contributed by atoms with E-state index in [4.69, 9.17) is 0 Å². The van der Waals surface area contributed by atoms with Crippen molar-refractivity contribution < 1.29 is 17.4 Å². The number of rotatable bonds is 5. The number of hydrogen-bond donors (Lipinski definition) is 2. The first-order valence-electron chi connectivity index (χ1n) is 4.70. The summed E-state index contributed by atoms with van der Waals surface area (Å²) in [6.45, 7) is 1.19. The third kappa shape index (κ3) is 4.64. The highest BCUT2D eigenvalue weighted by molar-refractivity contribution is 7.85. The van der Waals surface area contributed by atoms with Crippen LogP contribution in [0.5, 0.6) is 0 Å². The first-order valence-corrected chi connectivity index (χ1v) is 6.48. The van der Waals surface area contributed by atoms with E-state index in [1.807, 2.05) is 0 Å². The molecule has 0 saturated heterocycles. The Morgan fingerprint density at radius 3 is 2.59 bits per heavy atom. The molecule has 3 nitrogen and oxygen atoms in total. The molecule has 96 valence electrons. The number of hydrogen-bond acceptors (Lipinski definition) is 4. The second-order valence-electron chi connectivity index (χ2n) is 3.12. The summed E-state index contributed by atoms with van der Waals surface area (Å²) in [5, 5.41) is 2.54. The molecule has 0 spiro atoms. The molecule has 1 aromatic heterocycles. The zero-order chi connectivity index (χ0) is 12.9. The summed E-state index contributed by atoms with van der Waals surface area (Å²) < 4.78 is 47.3. The van der Waals surface area contributed by atoms with Crippen LogP contribution in [0.1, 0.15) is 5.56 Å². The van der Waals surface area contributed by atoms with Crippen molar-refractivity contribution in [1.29, 1.82) is 0 Å². The summed E-state index contributed by atoms with van der Waals surface area (Å²) in [6, 6.07) is 2.60.